The molecule has 1 atom stereocenters. The summed E-state index contributed by atoms with van der Waals surface area (Å²) in [5.74, 6) is 0.695. The van der Waals surface area contributed by atoms with Crippen LogP contribution in [0.3, 0.4) is 0 Å². The van der Waals surface area contributed by atoms with Crippen LogP contribution in [0.2, 0.25) is 0 Å². The first-order valence-corrected chi connectivity index (χ1v) is 8.41. The summed E-state index contributed by atoms with van der Waals surface area (Å²) in [6.45, 7) is 10.8. The zero-order valence-electron chi connectivity index (χ0n) is 14.5. The Morgan fingerprint density at radius 3 is 2.48 bits per heavy atom. The van der Waals surface area contributed by atoms with E-state index < -0.39 is 6.10 Å². The molecular formula is C18H30N2O3. The molecule has 0 fully saturated rings. The van der Waals surface area contributed by atoms with Gasteiger partial charge in [0.1, 0.15) is 18.5 Å². The molecule has 0 aliphatic rings. The summed E-state index contributed by atoms with van der Waals surface area (Å²) >= 11 is 0. The molecule has 0 heterocycles. The van der Waals surface area contributed by atoms with E-state index in [1.807, 2.05) is 0 Å². The fraction of sp³-hybridized carbons (Fsp3) is 0.611. The van der Waals surface area contributed by atoms with E-state index in [4.69, 9.17) is 4.74 Å². The average Bonchev–Trinajstić information content (AvgIpc) is 2.56. The van der Waals surface area contributed by atoms with Gasteiger partial charge in [0, 0.05) is 12.1 Å². The highest BCUT2D eigenvalue weighted by atomic mass is 16.5. The molecule has 0 saturated heterocycles. The molecule has 0 saturated carbocycles. The minimum absolute atomic E-state index is 0.0329. The van der Waals surface area contributed by atoms with Gasteiger partial charge in [-0.1, -0.05) is 13.8 Å². The zero-order chi connectivity index (χ0) is 17.1. The molecular weight excluding hydrogens is 292 g/mol. The van der Waals surface area contributed by atoms with Gasteiger partial charge in [-0.3, -0.25) is 4.79 Å². The number of ketones is 1. The Bertz CT molecular complexity index is 444. The van der Waals surface area contributed by atoms with E-state index in [0.717, 1.165) is 32.6 Å². The van der Waals surface area contributed by atoms with Crippen molar-refractivity contribution in [3.8, 4) is 5.75 Å². The van der Waals surface area contributed by atoms with Crippen molar-refractivity contribution in [2.45, 2.75) is 33.3 Å². The monoisotopic (exact) mass is 322 g/mol. The van der Waals surface area contributed by atoms with E-state index in [1.54, 1.807) is 24.3 Å². The number of carbonyl (C=O) groups excluding carboxylic acids is 1. The number of aliphatic hydroxyl groups excluding tert-OH is 1. The fourth-order valence-electron chi connectivity index (χ4n) is 2.27. The highest BCUT2D eigenvalue weighted by molar-refractivity contribution is 5.94. The second kappa shape index (κ2) is 11.2. The van der Waals surface area contributed by atoms with Crippen LogP contribution in [0, 0.1) is 0 Å². The molecule has 23 heavy (non-hydrogen) atoms. The summed E-state index contributed by atoms with van der Waals surface area (Å²) in [7, 11) is 0. The van der Waals surface area contributed by atoms with Crippen LogP contribution in [0.5, 0.6) is 5.75 Å². The molecule has 1 aromatic rings. The maximum atomic E-state index is 11.2. The second-order valence-electron chi connectivity index (χ2n) is 5.63. The Morgan fingerprint density at radius 2 is 1.91 bits per heavy atom. The van der Waals surface area contributed by atoms with Crippen LogP contribution in [-0.2, 0) is 0 Å². The highest BCUT2D eigenvalue weighted by Gasteiger charge is 2.06. The van der Waals surface area contributed by atoms with E-state index in [2.05, 4.69) is 24.1 Å². The van der Waals surface area contributed by atoms with Crippen LogP contribution >= 0.6 is 0 Å². The number of nitrogens with zero attached hydrogens (tertiary/aromatic N) is 1. The van der Waals surface area contributed by atoms with Gasteiger partial charge in [0.05, 0.1) is 0 Å². The summed E-state index contributed by atoms with van der Waals surface area (Å²) in [5.41, 5.74) is 0.660. The third-order valence-corrected chi connectivity index (χ3v) is 3.81. The average molecular weight is 322 g/mol. The first kappa shape index (κ1) is 19.6. The van der Waals surface area contributed by atoms with Crippen molar-refractivity contribution in [1.82, 2.24) is 10.2 Å². The van der Waals surface area contributed by atoms with Gasteiger partial charge in [0.15, 0.2) is 5.78 Å². The molecule has 0 aliphatic carbocycles. The van der Waals surface area contributed by atoms with Crippen molar-refractivity contribution in [3.63, 3.8) is 0 Å². The van der Waals surface area contributed by atoms with E-state index in [1.165, 1.54) is 6.92 Å². The van der Waals surface area contributed by atoms with Gasteiger partial charge in [-0.2, -0.15) is 0 Å². The van der Waals surface area contributed by atoms with Crippen LogP contribution in [0.4, 0.5) is 0 Å². The van der Waals surface area contributed by atoms with Crippen molar-refractivity contribution in [3.05, 3.63) is 29.8 Å². The van der Waals surface area contributed by atoms with Crippen molar-refractivity contribution < 1.29 is 14.6 Å². The quantitative estimate of drug-likeness (QED) is 0.455. The predicted octanol–water partition coefficient (Wildman–Crippen LogP) is 1.95. The Labute approximate surface area is 139 Å². The van der Waals surface area contributed by atoms with Crippen molar-refractivity contribution in [2.24, 2.45) is 0 Å². The standard InChI is InChI=1S/C18H30N2O3/c1-4-20(5-2)12-6-11-19-13-17(22)14-23-18-9-7-16(8-10-18)15(3)21/h7-10,17,19,22H,4-6,11-14H2,1-3H3/t17-/m1/s1. The van der Waals surface area contributed by atoms with E-state index in [-0.39, 0.29) is 12.4 Å². The minimum Gasteiger partial charge on any atom is -0.491 e. The predicted molar refractivity (Wildman–Crippen MR) is 93.2 cm³/mol. The number of nitrogens with one attached hydrogen (secondary N) is 1. The molecule has 1 aromatic carbocycles. The van der Waals surface area contributed by atoms with Crippen molar-refractivity contribution >= 4 is 5.78 Å². The van der Waals surface area contributed by atoms with Crippen LogP contribution in [-0.4, -0.2) is 61.2 Å². The molecule has 5 heteroatoms. The molecule has 5 nitrogen and oxygen atoms in total. The Balaban J connectivity index is 2.14. The third-order valence-electron chi connectivity index (χ3n) is 3.81. The number of hydrogen-bond donors (Lipinski definition) is 2. The topological polar surface area (TPSA) is 61.8 Å². The number of rotatable bonds is 12. The molecule has 0 aromatic heterocycles. The SMILES string of the molecule is CCN(CC)CCCNC[C@@H](O)COc1ccc(C(C)=O)cc1. The van der Waals surface area contributed by atoms with Gasteiger partial charge in [0.2, 0.25) is 0 Å². The molecule has 0 aliphatic heterocycles. The second-order valence-corrected chi connectivity index (χ2v) is 5.63. The zero-order valence-corrected chi connectivity index (χ0v) is 14.5. The molecule has 0 bridgehead atoms. The Kier molecular flexibility index (Phi) is 9.52. The van der Waals surface area contributed by atoms with Gasteiger partial charge in [-0.25, -0.2) is 0 Å². The summed E-state index contributed by atoms with van der Waals surface area (Å²) in [6.07, 6.45) is 0.526. The third kappa shape index (κ3) is 8.11. The minimum atomic E-state index is -0.545. The van der Waals surface area contributed by atoms with Gasteiger partial charge < -0.3 is 20.1 Å². The Hall–Kier alpha value is -1.43. The summed E-state index contributed by atoms with van der Waals surface area (Å²) < 4.78 is 5.52. The van der Waals surface area contributed by atoms with Gasteiger partial charge in [-0.15, -0.1) is 0 Å². The normalized spacial score (nSPS) is 12.4. The van der Waals surface area contributed by atoms with Gasteiger partial charge >= 0.3 is 0 Å². The molecule has 0 amide bonds. The van der Waals surface area contributed by atoms with Crippen LogP contribution < -0.4 is 10.1 Å². The Morgan fingerprint density at radius 1 is 1.26 bits per heavy atom. The summed E-state index contributed by atoms with van der Waals surface area (Å²) in [6, 6.07) is 6.97. The lowest BCUT2D eigenvalue weighted by Crippen LogP contribution is -2.33. The number of carbonyl (C=O) groups is 1. The highest BCUT2D eigenvalue weighted by Crippen LogP contribution is 2.12. The van der Waals surface area contributed by atoms with E-state index in [9.17, 15) is 9.90 Å². The number of hydrogen-bond acceptors (Lipinski definition) is 5. The molecule has 2 N–H and O–H groups in total. The maximum absolute atomic E-state index is 11.2. The van der Waals surface area contributed by atoms with Crippen molar-refractivity contribution in [2.75, 3.05) is 39.3 Å². The number of benzene rings is 1. The number of ether oxygens (including phenoxy) is 1. The molecule has 0 unspecified atom stereocenters. The van der Waals surface area contributed by atoms with Crippen LogP contribution in [0.25, 0.3) is 0 Å². The van der Waals surface area contributed by atoms with Crippen molar-refractivity contribution in [1.29, 1.82) is 0 Å². The lowest BCUT2D eigenvalue weighted by atomic mass is 10.1. The number of aliphatic hydroxyl groups is 1. The summed E-state index contributed by atoms with van der Waals surface area (Å²) in [4.78, 5) is 13.6. The lowest BCUT2D eigenvalue weighted by molar-refractivity contribution is 0.101. The maximum Gasteiger partial charge on any atom is 0.159 e. The lowest BCUT2D eigenvalue weighted by Gasteiger charge is -2.18. The van der Waals surface area contributed by atoms with Gasteiger partial charge in [0.25, 0.3) is 0 Å². The van der Waals surface area contributed by atoms with E-state index >= 15 is 0 Å². The first-order chi connectivity index (χ1) is 11.1. The summed E-state index contributed by atoms with van der Waals surface area (Å²) in [5, 5.41) is 13.1. The largest absolute Gasteiger partial charge is 0.491 e. The van der Waals surface area contributed by atoms with Gasteiger partial charge in [-0.05, 0) is 63.8 Å². The van der Waals surface area contributed by atoms with Crippen LogP contribution in [0.15, 0.2) is 24.3 Å². The number of Topliss-reactive ketones (excluding diaryl/α,β-unsaturated/α-hetero) is 1. The smallest absolute Gasteiger partial charge is 0.159 e. The molecule has 0 radical (unpaired) electrons. The first-order valence-electron chi connectivity index (χ1n) is 8.41. The van der Waals surface area contributed by atoms with E-state index in [0.29, 0.717) is 17.9 Å². The molecule has 0 spiro atoms. The van der Waals surface area contributed by atoms with Crippen LogP contribution in [0.1, 0.15) is 37.6 Å². The molecule has 130 valence electrons. The molecule has 1 rings (SSSR count). The fourth-order valence-corrected chi connectivity index (χ4v) is 2.27.